The van der Waals surface area contributed by atoms with Crippen molar-refractivity contribution in [3.63, 3.8) is 0 Å². The van der Waals surface area contributed by atoms with E-state index in [1.165, 1.54) is 23.0 Å². The summed E-state index contributed by atoms with van der Waals surface area (Å²) >= 11 is 1.46. The van der Waals surface area contributed by atoms with Gasteiger partial charge in [0.25, 0.3) is 0 Å². The molecule has 0 unspecified atom stereocenters. The third-order valence-electron chi connectivity index (χ3n) is 7.21. The quantitative estimate of drug-likeness (QED) is 0.176. The Kier molecular flexibility index (Phi) is 8.60. The Morgan fingerprint density at radius 1 is 1.10 bits per heavy atom. The number of amides is 1. The Labute approximate surface area is 251 Å². The van der Waals surface area contributed by atoms with Gasteiger partial charge in [0.1, 0.15) is 0 Å². The number of piperidine rings is 1. The second-order valence-electron chi connectivity index (χ2n) is 11.4. The molecule has 0 saturated carbocycles. The highest BCUT2D eigenvalue weighted by molar-refractivity contribution is 7.83. The Morgan fingerprint density at radius 3 is 2.45 bits per heavy atom. The van der Waals surface area contributed by atoms with E-state index >= 15 is 4.39 Å². The predicted octanol–water partition coefficient (Wildman–Crippen LogP) is 6.90. The lowest BCUT2D eigenvalue weighted by Crippen LogP contribution is -2.36. The van der Waals surface area contributed by atoms with Crippen molar-refractivity contribution in [3.8, 4) is 21.8 Å². The first-order valence-corrected chi connectivity index (χ1v) is 15.9. The van der Waals surface area contributed by atoms with Crippen LogP contribution in [0.25, 0.3) is 21.8 Å². The zero-order valence-electron chi connectivity index (χ0n) is 24.1. The summed E-state index contributed by atoms with van der Waals surface area (Å²) in [6, 6.07) is 14.9. The van der Waals surface area contributed by atoms with Crippen LogP contribution in [0.5, 0.6) is 0 Å². The molecule has 2 aromatic heterocycles. The van der Waals surface area contributed by atoms with Crippen molar-refractivity contribution < 1.29 is 13.4 Å². The van der Waals surface area contributed by atoms with E-state index in [9.17, 15) is 9.00 Å². The summed E-state index contributed by atoms with van der Waals surface area (Å²) < 4.78 is 29.8. The number of carbonyl (C=O) groups excluding carboxylic acids is 1. The summed E-state index contributed by atoms with van der Waals surface area (Å²) in [4.78, 5) is 28.3. The molecule has 42 heavy (non-hydrogen) atoms. The largest absolute Gasteiger partial charge is 0.447 e. The van der Waals surface area contributed by atoms with E-state index in [2.05, 4.69) is 53.8 Å². The fourth-order valence-electron chi connectivity index (χ4n) is 4.95. The third-order valence-corrected chi connectivity index (χ3v) is 9.16. The van der Waals surface area contributed by atoms with Crippen molar-refractivity contribution >= 4 is 51.0 Å². The summed E-state index contributed by atoms with van der Waals surface area (Å²) in [6.07, 6.45) is 3.58. The predicted molar refractivity (Wildman–Crippen MR) is 170 cm³/mol. The van der Waals surface area contributed by atoms with E-state index in [0.717, 1.165) is 36.6 Å². The summed E-state index contributed by atoms with van der Waals surface area (Å²) in [6.45, 7) is 9.38. The molecule has 0 radical (unpaired) electrons. The molecule has 0 atom stereocenters. The van der Waals surface area contributed by atoms with Gasteiger partial charge in [0, 0.05) is 42.9 Å². The van der Waals surface area contributed by atoms with E-state index in [-0.39, 0.29) is 22.6 Å². The van der Waals surface area contributed by atoms with Crippen LogP contribution in [0.3, 0.4) is 0 Å². The van der Waals surface area contributed by atoms with E-state index in [1.807, 2.05) is 17.0 Å². The molecule has 1 fully saturated rings. The first-order chi connectivity index (χ1) is 20.0. The van der Waals surface area contributed by atoms with Crippen LogP contribution in [0.2, 0.25) is 0 Å². The lowest BCUT2D eigenvalue weighted by atomic mass is 9.89. The fraction of sp³-hybridized carbons (Fsp3) is 0.323. The van der Waals surface area contributed by atoms with Gasteiger partial charge in [-0.3, -0.25) is 4.79 Å². The summed E-state index contributed by atoms with van der Waals surface area (Å²) in [5.74, 6) is 3.83. The molecule has 0 spiro atoms. The minimum absolute atomic E-state index is 0.0926. The van der Waals surface area contributed by atoms with E-state index < -0.39 is 16.4 Å². The molecule has 0 aliphatic carbocycles. The van der Waals surface area contributed by atoms with Crippen LogP contribution in [0, 0.1) is 5.82 Å². The van der Waals surface area contributed by atoms with Gasteiger partial charge in [0.05, 0.1) is 27.0 Å². The number of hydrogen-bond donors (Lipinski definition) is 2. The molecular weight excluding hydrogens is 572 g/mol. The number of likely N-dealkylation sites (tertiary alicyclic amines) is 1. The smallest absolute Gasteiger partial charge is 0.227 e. The number of carbonyl (C=O) groups is 1. The van der Waals surface area contributed by atoms with Crippen molar-refractivity contribution in [1.82, 2.24) is 19.9 Å². The zero-order valence-corrected chi connectivity index (χ0v) is 25.7. The molecule has 3 heterocycles. The van der Waals surface area contributed by atoms with Gasteiger partial charge in [0.2, 0.25) is 11.9 Å². The van der Waals surface area contributed by atoms with E-state index in [4.69, 9.17) is 9.97 Å². The first-order valence-electron chi connectivity index (χ1n) is 13.7. The van der Waals surface area contributed by atoms with E-state index in [0.29, 0.717) is 28.1 Å². The minimum Gasteiger partial charge on any atom is -0.447 e. The number of anilines is 3. The maximum Gasteiger partial charge on any atom is 0.227 e. The van der Waals surface area contributed by atoms with Crippen molar-refractivity contribution in [3.05, 3.63) is 71.1 Å². The summed E-state index contributed by atoms with van der Waals surface area (Å²) in [7, 11) is -1.67. The second-order valence-corrected chi connectivity index (χ2v) is 13.2. The number of nitrogens with one attached hydrogen (secondary N) is 2. The summed E-state index contributed by atoms with van der Waals surface area (Å²) in [5, 5.41) is 4.13. The highest BCUT2D eigenvalue weighted by Crippen LogP contribution is 2.42. The average molecular weight is 606 g/mol. The van der Waals surface area contributed by atoms with Crippen molar-refractivity contribution in [2.75, 3.05) is 23.1 Å². The molecule has 5 rings (SSSR count). The molecule has 1 aliphatic rings. The molecule has 2 aromatic carbocycles. The van der Waals surface area contributed by atoms with Crippen LogP contribution in [-0.4, -0.2) is 44.7 Å². The van der Waals surface area contributed by atoms with Crippen LogP contribution in [0.15, 0.2) is 54.7 Å². The Morgan fingerprint density at radius 2 is 1.81 bits per heavy atom. The number of aromatic nitrogens is 3. The van der Waals surface area contributed by atoms with Crippen LogP contribution in [0.4, 0.5) is 21.7 Å². The zero-order chi connectivity index (χ0) is 30.0. The highest BCUT2D eigenvalue weighted by atomic mass is 32.2. The van der Waals surface area contributed by atoms with Crippen molar-refractivity contribution in [1.29, 1.82) is 0 Å². The van der Waals surface area contributed by atoms with Gasteiger partial charge in [-0.2, -0.15) is 16.4 Å². The lowest BCUT2D eigenvalue weighted by Gasteiger charge is -2.31. The van der Waals surface area contributed by atoms with Crippen molar-refractivity contribution in [2.45, 2.75) is 51.9 Å². The molecule has 1 amide bonds. The van der Waals surface area contributed by atoms with Crippen LogP contribution < -0.4 is 10.0 Å². The average Bonchev–Trinajstić information content (AvgIpc) is 3.41. The maximum absolute atomic E-state index is 15.6. The van der Waals surface area contributed by atoms with Gasteiger partial charge >= 0.3 is 0 Å². The molecule has 4 aromatic rings. The highest BCUT2D eigenvalue weighted by Gasteiger charge is 2.26. The minimum atomic E-state index is -1.67. The van der Waals surface area contributed by atoms with Gasteiger partial charge in [-0.15, -0.1) is 11.3 Å². The SMILES string of the molecule is C=[S-](=O)Nc1cccc(-c2nc(C(C)(C)C)sc2-c2ccnc(Nc3ccc(C4CCN(C(C)=O)CC4)cc3)n2)c1F. The monoisotopic (exact) mass is 605 g/mol. The number of nitrogens with zero attached hydrogens (tertiary/aromatic N) is 4. The molecular formula is C31H34FN6O2S2-. The lowest BCUT2D eigenvalue weighted by molar-refractivity contribution is -0.129. The van der Waals surface area contributed by atoms with Gasteiger partial charge in [-0.25, -0.2) is 19.3 Å². The fourth-order valence-corrected chi connectivity index (χ4v) is 6.46. The molecule has 1 saturated heterocycles. The number of halogens is 1. The molecule has 2 N–H and O–H groups in total. The Bertz CT molecular complexity index is 1660. The Balaban J connectivity index is 1.42. The molecule has 8 nitrogen and oxygen atoms in total. The van der Waals surface area contributed by atoms with Crippen molar-refractivity contribution in [2.24, 2.45) is 0 Å². The van der Waals surface area contributed by atoms with Crippen LogP contribution in [-0.2, 0) is 25.0 Å². The molecule has 0 bridgehead atoms. The molecule has 11 heteroatoms. The van der Waals surface area contributed by atoms with Gasteiger partial charge in [0.15, 0.2) is 5.82 Å². The standard InChI is InChI=1S/C31H34FN6O2S2/c1-19(39)38-17-14-21(15-18-38)20-9-11-22(12-10-20)34-30-33-16-13-25(35-30)28-27(36-29(41-28)31(2,3)4)23-7-6-8-24(26(23)32)37-42(5)40/h6-13,16,21H,5,14-15,17-18H2,1-4H3,(H,37,40)(H,33,34,35)/q-1. The Hall–Kier alpha value is -3.83. The summed E-state index contributed by atoms with van der Waals surface area (Å²) in [5.41, 5.74) is 3.29. The van der Waals surface area contributed by atoms with E-state index in [1.54, 1.807) is 31.3 Å². The van der Waals surface area contributed by atoms with Crippen LogP contribution >= 0.6 is 11.3 Å². The van der Waals surface area contributed by atoms with Crippen LogP contribution in [0.1, 0.15) is 57.0 Å². The number of rotatable bonds is 7. The number of hydrogen-bond acceptors (Lipinski definition) is 8. The molecule has 220 valence electrons. The van der Waals surface area contributed by atoms with Gasteiger partial charge in [-0.05, 0) is 54.7 Å². The third kappa shape index (κ3) is 6.63. The van der Waals surface area contributed by atoms with Gasteiger partial charge < -0.3 is 19.1 Å². The topological polar surface area (TPSA) is 100 Å². The normalized spacial score (nSPS) is 14.3. The first kappa shape index (κ1) is 29.7. The number of thiazole rings is 1. The molecule has 1 aliphatic heterocycles. The van der Waals surface area contributed by atoms with Gasteiger partial charge in [-0.1, -0.05) is 39.0 Å². The maximum atomic E-state index is 15.6. The number of benzene rings is 2. The second kappa shape index (κ2) is 12.2.